The zero-order valence-electron chi connectivity index (χ0n) is 18.3. The molecule has 0 bridgehead atoms. The summed E-state index contributed by atoms with van der Waals surface area (Å²) in [6.45, 7) is 5.76. The highest BCUT2D eigenvalue weighted by Gasteiger charge is 2.29. The smallest absolute Gasteiger partial charge is 0.270 e. The fourth-order valence-electron chi connectivity index (χ4n) is 4.17. The average molecular weight is 440 g/mol. The maximum Gasteiger partial charge on any atom is 0.270 e. The van der Waals surface area contributed by atoms with E-state index in [0.717, 1.165) is 21.5 Å². The summed E-state index contributed by atoms with van der Waals surface area (Å²) < 4.78 is 7.46. The lowest BCUT2D eigenvalue weighted by Crippen LogP contribution is -2.44. The van der Waals surface area contributed by atoms with Crippen LogP contribution >= 0.6 is 11.3 Å². The maximum atomic E-state index is 13.4. The van der Waals surface area contributed by atoms with E-state index in [4.69, 9.17) is 4.74 Å². The standard InChI is InChI=1S/C24H29N3O3S/c1-16(2)25-22(28)18-7-10-26(11-8-18)23(29)21-14-19-9-12-31-24(19)27(21)15-17-5-4-6-20(13-17)30-3/h4-6,9,12-14,16,18H,7-8,10-11,15H2,1-3H3,(H,25,28). The molecule has 1 aliphatic heterocycles. The highest BCUT2D eigenvalue weighted by atomic mass is 32.1. The molecule has 1 saturated heterocycles. The van der Waals surface area contributed by atoms with Crippen molar-refractivity contribution in [2.75, 3.05) is 20.2 Å². The van der Waals surface area contributed by atoms with Crippen molar-refractivity contribution < 1.29 is 14.3 Å². The number of fused-ring (bicyclic) bond motifs is 1. The van der Waals surface area contributed by atoms with Crippen LogP contribution in [0.2, 0.25) is 0 Å². The van der Waals surface area contributed by atoms with Gasteiger partial charge in [0.25, 0.3) is 5.91 Å². The average Bonchev–Trinajstić information content (AvgIpc) is 3.36. The number of hydrogen-bond donors (Lipinski definition) is 1. The first kappa shape index (κ1) is 21.4. The molecule has 31 heavy (non-hydrogen) atoms. The van der Waals surface area contributed by atoms with Gasteiger partial charge in [-0.25, -0.2) is 0 Å². The first-order valence-electron chi connectivity index (χ1n) is 10.8. The second-order valence-electron chi connectivity index (χ2n) is 8.38. The third-order valence-corrected chi connectivity index (χ3v) is 6.73. The van der Waals surface area contributed by atoms with E-state index >= 15 is 0 Å². The van der Waals surface area contributed by atoms with Crippen molar-refractivity contribution in [3.05, 3.63) is 53.0 Å². The lowest BCUT2D eigenvalue weighted by Gasteiger charge is -2.32. The Kier molecular flexibility index (Phi) is 6.32. The van der Waals surface area contributed by atoms with Gasteiger partial charge in [-0.3, -0.25) is 9.59 Å². The molecule has 2 amide bonds. The summed E-state index contributed by atoms with van der Waals surface area (Å²) in [7, 11) is 1.66. The third-order valence-electron chi connectivity index (χ3n) is 5.78. The van der Waals surface area contributed by atoms with Crippen LogP contribution in [0.4, 0.5) is 0 Å². The van der Waals surface area contributed by atoms with E-state index in [9.17, 15) is 9.59 Å². The van der Waals surface area contributed by atoms with Crippen molar-refractivity contribution in [1.29, 1.82) is 0 Å². The molecule has 1 aliphatic rings. The molecule has 1 N–H and O–H groups in total. The molecule has 7 heteroatoms. The van der Waals surface area contributed by atoms with Crippen molar-refractivity contribution in [1.82, 2.24) is 14.8 Å². The topological polar surface area (TPSA) is 63.6 Å². The van der Waals surface area contributed by atoms with E-state index in [1.807, 2.05) is 43.0 Å². The van der Waals surface area contributed by atoms with Gasteiger partial charge in [-0.1, -0.05) is 12.1 Å². The van der Waals surface area contributed by atoms with E-state index in [-0.39, 0.29) is 23.8 Å². The van der Waals surface area contributed by atoms with Crippen LogP contribution in [0.15, 0.2) is 41.8 Å². The molecule has 0 unspecified atom stereocenters. The molecule has 0 saturated carbocycles. The van der Waals surface area contributed by atoms with E-state index < -0.39 is 0 Å². The van der Waals surface area contributed by atoms with Gasteiger partial charge < -0.3 is 19.5 Å². The predicted octanol–water partition coefficient (Wildman–Crippen LogP) is 4.14. The molecule has 0 spiro atoms. The number of piperidine rings is 1. The summed E-state index contributed by atoms with van der Waals surface area (Å²) in [5.74, 6) is 0.929. The molecule has 0 aliphatic carbocycles. The van der Waals surface area contributed by atoms with Crippen LogP contribution < -0.4 is 10.1 Å². The minimum Gasteiger partial charge on any atom is -0.497 e. The summed E-state index contributed by atoms with van der Waals surface area (Å²) in [4.78, 5) is 28.7. The van der Waals surface area contributed by atoms with E-state index in [1.54, 1.807) is 18.4 Å². The molecule has 2 aromatic heterocycles. The summed E-state index contributed by atoms with van der Waals surface area (Å²) in [5.41, 5.74) is 1.79. The van der Waals surface area contributed by atoms with Gasteiger partial charge in [0.2, 0.25) is 5.91 Å². The Morgan fingerprint density at radius 2 is 1.97 bits per heavy atom. The highest BCUT2D eigenvalue weighted by Crippen LogP contribution is 2.29. The van der Waals surface area contributed by atoms with Crippen LogP contribution in [0.5, 0.6) is 5.75 Å². The van der Waals surface area contributed by atoms with Crippen LogP contribution in [0.3, 0.4) is 0 Å². The Morgan fingerprint density at radius 3 is 2.68 bits per heavy atom. The van der Waals surface area contributed by atoms with E-state index in [0.29, 0.717) is 38.2 Å². The summed E-state index contributed by atoms with van der Waals surface area (Å²) >= 11 is 1.65. The number of likely N-dealkylation sites (tertiary alicyclic amines) is 1. The fraction of sp³-hybridized carbons (Fsp3) is 0.417. The van der Waals surface area contributed by atoms with E-state index in [2.05, 4.69) is 27.4 Å². The Labute approximate surface area is 186 Å². The molecule has 1 aromatic carbocycles. The molecule has 164 valence electrons. The molecule has 3 aromatic rings. The van der Waals surface area contributed by atoms with Gasteiger partial charge in [0.05, 0.1) is 7.11 Å². The van der Waals surface area contributed by atoms with Crippen molar-refractivity contribution >= 4 is 33.4 Å². The van der Waals surface area contributed by atoms with Crippen LogP contribution in [0.1, 0.15) is 42.7 Å². The Hall–Kier alpha value is -2.80. The molecule has 1 fully saturated rings. The Bertz CT molecular complexity index is 1080. The number of aromatic nitrogens is 1. The number of nitrogens with one attached hydrogen (secondary N) is 1. The summed E-state index contributed by atoms with van der Waals surface area (Å²) in [5, 5.41) is 6.13. The fourth-order valence-corrected chi connectivity index (χ4v) is 5.07. The third kappa shape index (κ3) is 4.61. The first-order chi connectivity index (χ1) is 15.0. The number of hydrogen-bond acceptors (Lipinski definition) is 4. The number of carbonyl (C=O) groups is 2. The lowest BCUT2D eigenvalue weighted by molar-refractivity contribution is -0.126. The predicted molar refractivity (Wildman–Crippen MR) is 124 cm³/mol. The van der Waals surface area contributed by atoms with Gasteiger partial charge in [0.1, 0.15) is 16.3 Å². The van der Waals surface area contributed by atoms with Crippen molar-refractivity contribution in [2.45, 2.75) is 39.3 Å². The van der Waals surface area contributed by atoms with Gasteiger partial charge in [0, 0.05) is 37.0 Å². The molecule has 0 atom stereocenters. The second kappa shape index (κ2) is 9.14. The van der Waals surface area contributed by atoms with Gasteiger partial charge >= 0.3 is 0 Å². The van der Waals surface area contributed by atoms with Gasteiger partial charge in [-0.2, -0.15) is 0 Å². The number of amides is 2. The van der Waals surface area contributed by atoms with Crippen molar-refractivity contribution in [3.63, 3.8) is 0 Å². The summed E-state index contributed by atoms with van der Waals surface area (Å²) in [6.07, 6.45) is 1.41. The summed E-state index contributed by atoms with van der Waals surface area (Å²) in [6, 6.07) is 12.1. The normalized spacial score (nSPS) is 14.9. The highest BCUT2D eigenvalue weighted by molar-refractivity contribution is 7.16. The number of thiophene rings is 1. The molecule has 0 radical (unpaired) electrons. The number of benzene rings is 1. The first-order valence-corrected chi connectivity index (χ1v) is 11.6. The number of nitrogens with zero attached hydrogens (tertiary/aromatic N) is 2. The van der Waals surface area contributed by atoms with Crippen LogP contribution in [0, 0.1) is 5.92 Å². The maximum absolute atomic E-state index is 13.4. The number of ether oxygens (including phenoxy) is 1. The number of carbonyl (C=O) groups excluding carboxylic acids is 2. The van der Waals surface area contributed by atoms with Gasteiger partial charge in [-0.05, 0) is 61.9 Å². The van der Waals surface area contributed by atoms with Crippen LogP contribution in [0.25, 0.3) is 10.2 Å². The minimum atomic E-state index is -0.0153. The molecule has 4 rings (SSSR count). The lowest BCUT2D eigenvalue weighted by atomic mass is 9.95. The second-order valence-corrected chi connectivity index (χ2v) is 9.27. The SMILES string of the molecule is COc1cccc(Cn2c(C(=O)N3CCC(C(=O)NC(C)C)CC3)cc3ccsc32)c1. The van der Waals surface area contributed by atoms with Crippen molar-refractivity contribution in [3.8, 4) is 5.75 Å². The van der Waals surface area contributed by atoms with Gasteiger partial charge in [0.15, 0.2) is 0 Å². The Balaban J connectivity index is 1.53. The monoisotopic (exact) mass is 439 g/mol. The number of methoxy groups -OCH3 is 1. The number of rotatable bonds is 6. The van der Waals surface area contributed by atoms with Gasteiger partial charge in [-0.15, -0.1) is 11.3 Å². The Morgan fingerprint density at radius 1 is 1.19 bits per heavy atom. The molecule has 6 nitrogen and oxygen atoms in total. The van der Waals surface area contributed by atoms with Crippen molar-refractivity contribution in [2.24, 2.45) is 5.92 Å². The quantitative estimate of drug-likeness (QED) is 0.628. The zero-order chi connectivity index (χ0) is 22.0. The molecular weight excluding hydrogens is 410 g/mol. The minimum absolute atomic E-state index is 0.0153. The van der Waals surface area contributed by atoms with E-state index in [1.165, 1.54) is 0 Å². The molecular formula is C24H29N3O3S. The largest absolute Gasteiger partial charge is 0.497 e. The zero-order valence-corrected chi connectivity index (χ0v) is 19.1. The van der Waals surface area contributed by atoms with Crippen LogP contribution in [-0.2, 0) is 11.3 Å². The van der Waals surface area contributed by atoms with Crippen LogP contribution in [-0.4, -0.2) is 47.5 Å². The molecule has 3 heterocycles.